The number of likely N-dealkylation sites (tertiary alicyclic amines) is 2. The minimum atomic E-state index is -3.74. The van der Waals surface area contributed by atoms with Crippen LogP contribution >= 0.6 is 23.2 Å². The van der Waals surface area contributed by atoms with Gasteiger partial charge in [0.1, 0.15) is 22.7 Å². The highest BCUT2D eigenvalue weighted by molar-refractivity contribution is 7.91. The molecule has 2 saturated heterocycles. The molecule has 0 radical (unpaired) electrons. The van der Waals surface area contributed by atoms with Crippen molar-refractivity contribution in [1.29, 1.82) is 5.26 Å². The maximum atomic E-state index is 14.1. The van der Waals surface area contributed by atoms with Crippen LogP contribution in [0.2, 0.25) is 10.0 Å². The molecule has 3 fully saturated rings. The molecule has 64 heavy (non-hydrogen) atoms. The van der Waals surface area contributed by atoms with Crippen molar-refractivity contribution in [1.82, 2.24) is 34.5 Å². The monoisotopic (exact) mass is 927 g/mol. The van der Waals surface area contributed by atoms with Gasteiger partial charge in [-0.3, -0.25) is 24.3 Å². The number of fused-ring (bicyclic) bond motifs is 3. The Morgan fingerprint density at radius 1 is 1.02 bits per heavy atom. The smallest absolute Gasteiger partial charge is 0.297 e. The number of anilines is 2. The molecule has 0 bridgehead atoms. The molecule has 1 amide bonds. The van der Waals surface area contributed by atoms with Gasteiger partial charge in [0.05, 0.1) is 43.6 Å². The van der Waals surface area contributed by atoms with Gasteiger partial charge in [-0.25, -0.2) is 32.2 Å². The highest BCUT2D eigenvalue weighted by atomic mass is 35.5. The van der Waals surface area contributed by atoms with Crippen molar-refractivity contribution in [3.63, 3.8) is 0 Å². The largest absolute Gasteiger partial charge is 0.435 e. The van der Waals surface area contributed by atoms with Gasteiger partial charge in [0.15, 0.2) is 17.2 Å². The molecule has 3 atom stereocenters. The number of nitrogens with one attached hydrogen (secondary N) is 2. The first-order chi connectivity index (χ1) is 30.7. The van der Waals surface area contributed by atoms with Gasteiger partial charge in [-0.1, -0.05) is 47.5 Å². The molecule has 1 saturated carbocycles. The number of amides is 1. The van der Waals surface area contributed by atoms with Crippen LogP contribution in [0.1, 0.15) is 79.6 Å². The number of β-amino-alcohol motifs (C(OH)–C–C–N with tert-alkyl or cyclic N) is 1. The van der Waals surface area contributed by atoms with Crippen LogP contribution < -0.4 is 10.0 Å². The standard InChI is InChI=1S/C45H41Cl2F2N9O5S/c1-45(12-13-45)64(61,62)56-43(60)24-10-15-58(21-24)35-9-8-26-30(35)17-34-39(31(26)18-50)63-44(54-34)29-6-2-4-27(36(29)46)28-5-3-7-32(37(28)47)52-41-38-33(53-42(55-41)40(48)49)16-23(19-51-38)20-57-14-11-25(59)22-57/h2-7,16-17,19,24-25,35,40,59H,8-15,20-22H2,1H3,(H,56,60)(H,52,53,55)/t24-,25-,35-/m1/s1. The number of aliphatic hydroxyl groups excluding tert-OH is 1. The molecular weight excluding hydrogens is 888 g/mol. The summed E-state index contributed by atoms with van der Waals surface area (Å²) in [6.07, 6.45) is 1.88. The van der Waals surface area contributed by atoms with E-state index in [0.717, 1.165) is 23.1 Å². The SMILES string of the molecule is CC1(S(=O)(=O)NC(=O)[C@@H]2CCN([C@@H]3CCc4c3cc3nc(-c5cccc(-c6cccc(Nc7nc(C(F)F)nc8cc(CN9CC[C@@H](O)C9)cnc78)c6Cl)c5Cl)oc3c4C#N)C2)CC1. The number of nitriles is 1. The summed E-state index contributed by atoms with van der Waals surface area (Å²) in [6, 6.07) is 16.4. The molecule has 2 aliphatic carbocycles. The van der Waals surface area contributed by atoms with E-state index in [4.69, 9.17) is 32.6 Å². The molecule has 19 heteroatoms. The van der Waals surface area contributed by atoms with Crippen molar-refractivity contribution >= 4 is 72.8 Å². The molecular formula is C45H41Cl2F2N9O5S. The fourth-order valence-electron chi connectivity index (χ4n) is 9.24. The van der Waals surface area contributed by atoms with Crippen LogP contribution in [0.3, 0.4) is 0 Å². The quantitative estimate of drug-likeness (QED) is 0.113. The van der Waals surface area contributed by atoms with Gasteiger partial charge in [0.2, 0.25) is 21.8 Å². The number of rotatable bonds is 11. The van der Waals surface area contributed by atoms with Gasteiger partial charge in [0.25, 0.3) is 6.43 Å². The van der Waals surface area contributed by atoms with Gasteiger partial charge < -0.3 is 14.8 Å². The summed E-state index contributed by atoms with van der Waals surface area (Å²) in [5, 5.41) is 24.0. The molecule has 14 nitrogen and oxygen atoms in total. The number of pyridine rings is 1. The molecule has 2 aliphatic heterocycles. The van der Waals surface area contributed by atoms with E-state index in [1.807, 2.05) is 6.07 Å². The van der Waals surface area contributed by atoms with E-state index in [1.165, 1.54) is 0 Å². The molecule has 3 N–H and O–H groups in total. The van der Waals surface area contributed by atoms with Gasteiger partial charge in [-0.05, 0) is 92.9 Å². The lowest BCUT2D eigenvalue weighted by Crippen LogP contribution is -2.42. The number of carbonyl (C=O) groups is 1. The molecule has 330 valence electrons. The van der Waals surface area contributed by atoms with Gasteiger partial charge in [0, 0.05) is 49.5 Å². The first-order valence-electron chi connectivity index (χ1n) is 21.1. The molecule has 0 spiro atoms. The van der Waals surface area contributed by atoms with E-state index >= 15 is 0 Å². The van der Waals surface area contributed by atoms with Gasteiger partial charge in [-0.15, -0.1) is 0 Å². The lowest BCUT2D eigenvalue weighted by molar-refractivity contribution is -0.122. The van der Waals surface area contributed by atoms with E-state index < -0.39 is 44.9 Å². The summed E-state index contributed by atoms with van der Waals surface area (Å²) < 4.78 is 61.5. The second-order valence-corrected chi connectivity index (χ2v) is 20.3. The van der Waals surface area contributed by atoms with Crippen LogP contribution in [-0.4, -0.2) is 86.2 Å². The fraction of sp³-hybridized carbons (Fsp3) is 0.378. The van der Waals surface area contributed by atoms with Crippen molar-refractivity contribution in [2.24, 2.45) is 5.92 Å². The second kappa shape index (κ2) is 16.3. The number of hydrogen-bond donors (Lipinski definition) is 3. The predicted molar refractivity (Wildman–Crippen MR) is 237 cm³/mol. The average Bonchev–Trinajstić information content (AvgIpc) is 3.72. The third kappa shape index (κ3) is 7.63. The Morgan fingerprint density at radius 2 is 1.78 bits per heavy atom. The van der Waals surface area contributed by atoms with Crippen LogP contribution in [0.25, 0.3) is 44.7 Å². The lowest BCUT2D eigenvalue weighted by Gasteiger charge is -2.25. The third-order valence-corrected chi connectivity index (χ3v) is 16.1. The molecule has 5 heterocycles. The molecule has 3 aromatic heterocycles. The number of oxazole rings is 1. The number of carbonyl (C=O) groups excluding carboxylic acids is 1. The number of alkyl halides is 2. The summed E-state index contributed by atoms with van der Waals surface area (Å²) in [7, 11) is -3.74. The number of aliphatic hydroxyl groups is 1. The Morgan fingerprint density at radius 3 is 2.52 bits per heavy atom. The van der Waals surface area contributed by atoms with Gasteiger partial charge in [-0.2, -0.15) is 5.26 Å². The van der Waals surface area contributed by atoms with E-state index in [2.05, 4.69) is 40.9 Å². The minimum Gasteiger partial charge on any atom is -0.435 e. The highest BCUT2D eigenvalue weighted by Crippen LogP contribution is 2.46. The van der Waals surface area contributed by atoms with E-state index in [0.29, 0.717) is 104 Å². The van der Waals surface area contributed by atoms with Crippen molar-refractivity contribution in [3.8, 4) is 28.7 Å². The van der Waals surface area contributed by atoms with Crippen LogP contribution in [0.4, 0.5) is 20.3 Å². The van der Waals surface area contributed by atoms with Crippen LogP contribution in [-0.2, 0) is 27.8 Å². The Balaban J connectivity index is 0.922. The number of sulfonamides is 1. The first kappa shape index (κ1) is 42.6. The number of halogens is 4. The maximum Gasteiger partial charge on any atom is 0.297 e. The van der Waals surface area contributed by atoms with Crippen LogP contribution in [0, 0.1) is 17.2 Å². The average molecular weight is 929 g/mol. The zero-order valence-corrected chi connectivity index (χ0v) is 36.7. The zero-order valence-electron chi connectivity index (χ0n) is 34.4. The predicted octanol–water partition coefficient (Wildman–Crippen LogP) is 8.23. The molecule has 6 aromatic rings. The van der Waals surface area contributed by atoms with Gasteiger partial charge >= 0.3 is 0 Å². The zero-order chi connectivity index (χ0) is 44.7. The summed E-state index contributed by atoms with van der Waals surface area (Å²) >= 11 is 14.2. The maximum absolute atomic E-state index is 14.1. The molecule has 0 unspecified atom stereocenters. The Hall–Kier alpha value is -5.35. The second-order valence-electron chi connectivity index (χ2n) is 17.3. The van der Waals surface area contributed by atoms with Crippen molar-refractivity contribution in [2.75, 3.05) is 31.5 Å². The van der Waals surface area contributed by atoms with Crippen molar-refractivity contribution < 1.29 is 31.5 Å². The summed E-state index contributed by atoms with van der Waals surface area (Å²) in [5.74, 6) is -1.39. The van der Waals surface area contributed by atoms with Crippen molar-refractivity contribution in [3.05, 3.63) is 92.9 Å². The molecule has 10 rings (SSSR count). The Bertz CT molecular complexity index is 3050. The topological polar surface area (TPSA) is 190 Å². The summed E-state index contributed by atoms with van der Waals surface area (Å²) in [4.78, 5) is 35.0. The highest BCUT2D eigenvalue weighted by Gasteiger charge is 2.51. The minimum absolute atomic E-state index is 0.0417. The fourth-order valence-corrected chi connectivity index (χ4v) is 11.1. The Kier molecular flexibility index (Phi) is 10.8. The van der Waals surface area contributed by atoms with E-state index in [-0.39, 0.29) is 38.8 Å². The van der Waals surface area contributed by atoms with E-state index in [1.54, 1.807) is 55.6 Å². The molecule has 3 aromatic carbocycles. The normalized spacial score (nSPS) is 20.9. The number of nitrogens with zero attached hydrogens (tertiary/aromatic N) is 7. The summed E-state index contributed by atoms with van der Waals surface area (Å²) in [5.41, 5.74) is 6.05. The Labute approximate surface area is 376 Å². The van der Waals surface area contributed by atoms with Crippen molar-refractivity contribution in [2.45, 2.75) is 75.3 Å². The lowest BCUT2D eigenvalue weighted by atomic mass is 10.0. The van der Waals surface area contributed by atoms with E-state index in [9.17, 15) is 32.4 Å². The van der Waals surface area contributed by atoms with Crippen LogP contribution in [0.15, 0.2) is 59.1 Å². The molecule has 4 aliphatic rings. The summed E-state index contributed by atoms with van der Waals surface area (Å²) in [6.45, 7) is 4.35. The number of benzene rings is 3. The van der Waals surface area contributed by atoms with Crippen LogP contribution in [0.5, 0.6) is 0 Å². The number of hydrogen-bond acceptors (Lipinski definition) is 13. The first-order valence-corrected chi connectivity index (χ1v) is 23.3. The number of aromatic nitrogens is 4. The third-order valence-electron chi connectivity index (χ3n) is 13.1.